The molecule has 106 valence electrons. The second-order valence-corrected chi connectivity index (χ2v) is 5.43. The van der Waals surface area contributed by atoms with Gasteiger partial charge in [0.25, 0.3) is 0 Å². The molecule has 20 heavy (non-hydrogen) atoms. The molecule has 1 aromatic carbocycles. The number of rotatable bonds is 3. The number of halogens is 2. The summed E-state index contributed by atoms with van der Waals surface area (Å²) in [6.07, 6.45) is 2.15. The van der Waals surface area contributed by atoms with Gasteiger partial charge in [-0.1, -0.05) is 23.2 Å². The van der Waals surface area contributed by atoms with E-state index in [9.17, 15) is 0 Å². The minimum Gasteiger partial charge on any atom is -0.383 e. The van der Waals surface area contributed by atoms with E-state index in [0.717, 1.165) is 16.8 Å². The summed E-state index contributed by atoms with van der Waals surface area (Å²) in [4.78, 5) is 9.74. The molecule has 0 unspecified atom stereocenters. The molecule has 1 heterocycles. The maximum absolute atomic E-state index is 6.25. The van der Waals surface area contributed by atoms with Crippen molar-refractivity contribution in [1.29, 1.82) is 0 Å². The largest absolute Gasteiger partial charge is 0.383 e. The number of aromatic nitrogens is 2. The topological polar surface area (TPSA) is 81.1 Å². The first-order valence-corrected chi connectivity index (χ1v) is 6.66. The van der Waals surface area contributed by atoms with Crippen LogP contribution in [0.4, 0.5) is 17.5 Å². The van der Waals surface area contributed by atoms with E-state index in [0.29, 0.717) is 22.3 Å². The fourth-order valence-corrected chi connectivity index (χ4v) is 2.81. The Balaban J connectivity index is 2.35. The minimum absolute atomic E-state index is 0.158. The summed E-state index contributed by atoms with van der Waals surface area (Å²) in [7, 11) is 3.77. The molecule has 0 amide bonds. The first kappa shape index (κ1) is 14.7. The quantitative estimate of drug-likeness (QED) is 0.910. The Labute approximate surface area is 127 Å². The van der Waals surface area contributed by atoms with Gasteiger partial charge in [0.2, 0.25) is 5.95 Å². The van der Waals surface area contributed by atoms with Gasteiger partial charge in [-0.3, -0.25) is 0 Å². The van der Waals surface area contributed by atoms with Crippen LogP contribution in [0.25, 0.3) is 0 Å². The van der Waals surface area contributed by atoms with Gasteiger partial charge in [-0.2, -0.15) is 4.98 Å². The molecule has 4 N–H and O–H groups in total. The summed E-state index contributed by atoms with van der Waals surface area (Å²) in [5.74, 6) is 0.520. The van der Waals surface area contributed by atoms with Gasteiger partial charge >= 0.3 is 0 Å². The number of nitrogen functional groups attached to an aromatic ring is 2. The van der Waals surface area contributed by atoms with Crippen LogP contribution in [0, 0.1) is 0 Å². The van der Waals surface area contributed by atoms with E-state index in [1.54, 1.807) is 6.20 Å². The molecule has 0 aliphatic heterocycles. The Hall–Kier alpha value is -1.72. The number of nitrogens with zero attached hydrogens (tertiary/aromatic N) is 3. The number of hydrogen-bond donors (Lipinski definition) is 2. The molecular formula is C13H15Cl2N5. The van der Waals surface area contributed by atoms with Crippen molar-refractivity contribution < 1.29 is 0 Å². The Bertz CT molecular complexity index is 620. The van der Waals surface area contributed by atoms with Crippen LogP contribution in [-0.4, -0.2) is 24.1 Å². The summed E-state index contributed by atoms with van der Waals surface area (Å²) >= 11 is 12.5. The molecule has 5 nitrogen and oxygen atoms in total. The fraction of sp³-hybridized carbons (Fsp3) is 0.231. The van der Waals surface area contributed by atoms with Crippen LogP contribution in [0.15, 0.2) is 18.3 Å². The summed E-state index contributed by atoms with van der Waals surface area (Å²) < 4.78 is 0. The van der Waals surface area contributed by atoms with E-state index in [4.69, 9.17) is 34.7 Å². The lowest BCUT2D eigenvalue weighted by molar-refractivity contribution is 1.08. The molecule has 0 bridgehead atoms. The van der Waals surface area contributed by atoms with E-state index < -0.39 is 0 Å². The molecule has 1 aromatic heterocycles. The van der Waals surface area contributed by atoms with Crippen molar-refractivity contribution in [2.75, 3.05) is 30.5 Å². The van der Waals surface area contributed by atoms with Crippen molar-refractivity contribution in [2.45, 2.75) is 6.42 Å². The maximum Gasteiger partial charge on any atom is 0.221 e. The van der Waals surface area contributed by atoms with Crippen LogP contribution in [0.5, 0.6) is 0 Å². The van der Waals surface area contributed by atoms with Crippen molar-refractivity contribution >= 4 is 40.7 Å². The smallest absolute Gasteiger partial charge is 0.221 e. The lowest BCUT2D eigenvalue weighted by Gasteiger charge is -2.17. The normalized spacial score (nSPS) is 10.6. The average molecular weight is 312 g/mol. The SMILES string of the molecule is CN(C)c1c(Cl)cc(Cc2cnc(N)nc2N)cc1Cl. The first-order chi connectivity index (χ1) is 9.38. The van der Waals surface area contributed by atoms with E-state index in [2.05, 4.69) is 9.97 Å². The molecule has 0 radical (unpaired) electrons. The van der Waals surface area contributed by atoms with E-state index in [-0.39, 0.29) is 5.95 Å². The van der Waals surface area contributed by atoms with E-state index in [1.165, 1.54) is 0 Å². The van der Waals surface area contributed by atoms with Crippen LogP contribution in [-0.2, 0) is 6.42 Å². The van der Waals surface area contributed by atoms with Gasteiger partial charge in [0.1, 0.15) is 5.82 Å². The van der Waals surface area contributed by atoms with Crippen molar-refractivity contribution in [3.05, 3.63) is 39.5 Å². The maximum atomic E-state index is 6.25. The molecule has 0 aliphatic rings. The highest BCUT2D eigenvalue weighted by Gasteiger charge is 2.12. The second-order valence-electron chi connectivity index (χ2n) is 4.62. The highest BCUT2D eigenvalue weighted by Crippen LogP contribution is 2.34. The first-order valence-electron chi connectivity index (χ1n) is 5.90. The average Bonchev–Trinajstić information content (AvgIpc) is 2.31. The number of benzene rings is 1. The number of hydrogen-bond acceptors (Lipinski definition) is 5. The van der Waals surface area contributed by atoms with Crippen LogP contribution in [0.3, 0.4) is 0 Å². The van der Waals surface area contributed by atoms with Crippen LogP contribution in [0.2, 0.25) is 10.0 Å². The molecule has 2 aromatic rings. The highest BCUT2D eigenvalue weighted by atomic mass is 35.5. The third kappa shape index (κ3) is 3.05. The van der Waals surface area contributed by atoms with Gasteiger partial charge in [-0.25, -0.2) is 4.98 Å². The molecule has 7 heteroatoms. The lowest BCUT2D eigenvalue weighted by atomic mass is 10.1. The molecule has 0 fully saturated rings. The molecule has 0 saturated carbocycles. The number of anilines is 3. The van der Waals surface area contributed by atoms with Crippen molar-refractivity contribution in [3.8, 4) is 0 Å². The number of nitrogens with two attached hydrogens (primary N) is 2. The molecule has 0 saturated heterocycles. The van der Waals surface area contributed by atoms with Crippen molar-refractivity contribution in [3.63, 3.8) is 0 Å². The third-order valence-electron chi connectivity index (χ3n) is 2.84. The highest BCUT2D eigenvalue weighted by molar-refractivity contribution is 6.39. The third-order valence-corrected chi connectivity index (χ3v) is 3.41. The Kier molecular flexibility index (Phi) is 4.20. The summed E-state index contributed by atoms with van der Waals surface area (Å²) in [5, 5.41) is 1.18. The zero-order valence-electron chi connectivity index (χ0n) is 11.2. The van der Waals surface area contributed by atoms with Crippen LogP contribution < -0.4 is 16.4 Å². The van der Waals surface area contributed by atoms with Gasteiger partial charge in [-0.15, -0.1) is 0 Å². The summed E-state index contributed by atoms with van der Waals surface area (Å²) in [5.41, 5.74) is 13.8. The van der Waals surface area contributed by atoms with Crippen LogP contribution in [0.1, 0.15) is 11.1 Å². The zero-order valence-corrected chi connectivity index (χ0v) is 12.7. The van der Waals surface area contributed by atoms with Crippen molar-refractivity contribution in [2.24, 2.45) is 0 Å². The Morgan fingerprint density at radius 3 is 2.25 bits per heavy atom. The lowest BCUT2D eigenvalue weighted by Crippen LogP contribution is -2.10. The molecule has 0 aliphatic carbocycles. The van der Waals surface area contributed by atoms with Crippen molar-refractivity contribution in [1.82, 2.24) is 9.97 Å². The van der Waals surface area contributed by atoms with Crippen LogP contribution >= 0.6 is 23.2 Å². The predicted molar refractivity (Wildman–Crippen MR) is 84.5 cm³/mol. The molecule has 2 rings (SSSR count). The van der Waals surface area contributed by atoms with Gasteiger partial charge in [0.15, 0.2) is 0 Å². The van der Waals surface area contributed by atoms with Gasteiger partial charge < -0.3 is 16.4 Å². The summed E-state index contributed by atoms with van der Waals surface area (Å²) in [6.45, 7) is 0. The minimum atomic E-state index is 0.158. The Morgan fingerprint density at radius 1 is 1.15 bits per heavy atom. The predicted octanol–water partition coefficient (Wildman–Crippen LogP) is 2.60. The molecular weight excluding hydrogens is 297 g/mol. The fourth-order valence-electron chi connectivity index (χ4n) is 1.94. The van der Waals surface area contributed by atoms with E-state index in [1.807, 2.05) is 31.1 Å². The van der Waals surface area contributed by atoms with E-state index >= 15 is 0 Å². The van der Waals surface area contributed by atoms with Gasteiger partial charge in [-0.05, 0) is 17.7 Å². The molecule has 0 spiro atoms. The standard InChI is InChI=1S/C13H15Cl2N5/c1-20(2)11-9(14)4-7(5-10(11)15)3-8-6-18-13(17)19-12(8)16/h4-6H,3H2,1-2H3,(H4,16,17,18,19). The zero-order chi connectivity index (χ0) is 14.9. The molecule has 0 atom stereocenters. The Morgan fingerprint density at radius 2 is 1.75 bits per heavy atom. The second kappa shape index (κ2) is 5.73. The van der Waals surface area contributed by atoms with Gasteiger partial charge in [0, 0.05) is 32.3 Å². The summed E-state index contributed by atoms with van der Waals surface area (Å²) in [6, 6.07) is 3.72. The van der Waals surface area contributed by atoms with Gasteiger partial charge in [0.05, 0.1) is 15.7 Å². The monoisotopic (exact) mass is 311 g/mol.